The van der Waals surface area contributed by atoms with E-state index in [0.717, 1.165) is 11.1 Å². The van der Waals surface area contributed by atoms with Crippen molar-refractivity contribution in [1.82, 2.24) is 0 Å². The first-order valence-electron chi connectivity index (χ1n) is 4.67. The Hall–Kier alpha value is -1.06. The van der Waals surface area contributed by atoms with Crippen molar-refractivity contribution in [2.45, 2.75) is 19.8 Å². The number of carboxylic acids is 1. The van der Waals surface area contributed by atoms with Crippen LogP contribution in [0.2, 0.25) is 5.02 Å². The second kappa shape index (κ2) is 4.64. The van der Waals surface area contributed by atoms with Crippen LogP contribution < -0.4 is 5.73 Å². The fourth-order valence-corrected chi connectivity index (χ4v) is 1.85. The molecule has 0 spiro atoms. The standard InChI is InChI=1S/C11H14ClNO2/c1-6-3-8(12)4-9(7(6)2)10(5-13)11(14)15/h3-4,10H,5,13H2,1-2H3,(H,14,15). The second-order valence-electron chi connectivity index (χ2n) is 3.56. The zero-order valence-corrected chi connectivity index (χ0v) is 9.51. The van der Waals surface area contributed by atoms with Gasteiger partial charge in [0.05, 0.1) is 5.92 Å². The molecule has 0 saturated heterocycles. The van der Waals surface area contributed by atoms with Crippen LogP contribution in [0.3, 0.4) is 0 Å². The number of carbonyl (C=O) groups is 1. The minimum atomic E-state index is -0.915. The van der Waals surface area contributed by atoms with Crippen LogP contribution in [0.5, 0.6) is 0 Å². The first-order chi connectivity index (χ1) is 6.97. The van der Waals surface area contributed by atoms with Crippen LogP contribution in [-0.2, 0) is 4.79 Å². The summed E-state index contributed by atoms with van der Waals surface area (Å²) >= 11 is 5.89. The van der Waals surface area contributed by atoms with Crippen molar-refractivity contribution in [2.24, 2.45) is 5.73 Å². The molecule has 0 saturated carbocycles. The summed E-state index contributed by atoms with van der Waals surface area (Å²) in [4.78, 5) is 11.0. The SMILES string of the molecule is Cc1cc(Cl)cc(C(CN)C(=O)O)c1C. The maximum absolute atomic E-state index is 11.0. The molecule has 15 heavy (non-hydrogen) atoms. The Bertz CT molecular complexity index is 390. The number of carboxylic acid groups (broad SMARTS) is 1. The molecule has 1 rings (SSSR count). The van der Waals surface area contributed by atoms with Crippen molar-refractivity contribution in [1.29, 1.82) is 0 Å². The second-order valence-corrected chi connectivity index (χ2v) is 4.00. The van der Waals surface area contributed by atoms with E-state index in [4.69, 9.17) is 22.4 Å². The lowest BCUT2D eigenvalue weighted by Crippen LogP contribution is -2.22. The van der Waals surface area contributed by atoms with E-state index in [0.29, 0.717) is 10.6 Å². The van der Waals surface area contributed by atoms with E-state index in [1.165, 1.54) is 0 Å². The zero-order chi connectivity index (χ0) is 11.6. The molecule has 0 bridgehead atoms. The van der Waals surface area contributed by atoms with Crippen molar-refractivity contribution in [2.75, 3.05) is 6.54 Å². The van der Waals surface area contributed by atoms with Gasteiger partial charge in [-0.2, -0.15) is 0 Å². The van der Waals surface area contributed by atoms with Gasteiger partial charge in [-0.25, -0.2) is 0 Å². The van der Waals surface area contributed by atoms with Crippen molar-refractivity contribution < 1.29 is 9.90 Å². The molecule has 0 radical (unpaired) electrons. The lowest BCUT2D eigenvalue weighted by atomic mass is 9.92. The van der Waals surface area contributed by atoms with Gasteiger partial charge < -0.3 is 10.8 Å². The lowest BCUT2D eigenvalue weighted by molar-refractivity contribution is -0.138. The van der Waals surface area contributed by atoms with Gasteiger partial charge in [0.15, 0.2) is 0 Å². The van der Waals surface area contributed by atoms with E-state index >= 15 is 0 Å². The van der Waals surface area contributed by atoms with Crippen LogP contribution in [-0.4, -0.2) is 17.6 Å². The molecule has 0 fully saturated rings. The predicted molar refractivity (Wildman–Crippen MR) is 60.4 cm³/mol. The fourth-order valence-electron chi connectivity index (χ4n) is 1.56. The topological polar surface area (TPSA) is 63.3 Å². The molecule has 0 aliphatic rings. The average molecular weight is 228 g/mol. The Kier molecular flexibility index (Phi) is 3.72. The molecule has 0 heterocycles. The van der Waals surface area contributed by atoms with Crippen LogP contribution in [0.1, 0.15) is 22.6 Å². The number of aliphatic carboxylic acids is 1. The molecule has 1 atom stereocenters. The number of hydrogen-bond acceptors (Lipinski definition) is 2. The third kappa shape index (κ3) is 2.49. The van der Waals surface area contributed by atoms with Crippen LogP contribution in [0, 0.1) is 13.8 Å². The number of aryl methyl sites for hydroxylation is 1. The first-order valence-corrected chi connectivity index (χ1v) is 5.04. The molecule has 0 aromatic heterocycles. The van der Waals surface area contributed by atoms with Gasteiger partial charge in [0, 0.05) is 11.6 Å². The smallest absolute Gasteiger partial charge is 0.312 e. The van der Waals surface area contributed by atoms with E-state index in [1.54, 1.807) is 6.07 Å². The summed E-state index contributed by atoms with van der Waals surface area (Å²) in [5.41, 5.74) is 8.08. The molecule has 0 aliphatic carbocycles. The largest absolute Gasteiger partial charge is 0.481 e. The molecule has 1 unspecified atom stereocenters. The molecule has 1 aromatic carbocycles. The number of hydrogen-bond donors (Lipinski definition) is 2. The molecule has 0 aliphatic heterocycles. The zero-order valence-electron chi connectivity index (χ0n) is 8.75. The molecule has 4 heteroatoms. The maximum Gasteiger partial charge on any atom is 0.312 e. The summed E-state index contributed by atoms with van der Waals surface area (Å²) in [6.07, 6.45) is 0. The third-order valence-electron chi connectivity index (χ3n) is 2.58. The van der Waals surface area contributed by atoms with Gasteiger partial charge in [-0.3, -0.25) is 4.79 Å². The van der Waals surface area contributed by atoms with Gasteiger partial charge in [-0.05, 0) is 42.7 Å². The molecule has 1 aromatic rings. The first kappa shape index (κ1) is 12.0. The number of nitrogens with two attached hydrogens (primary N) is 1. The van der Waals surface area contributed by atoms with Gasteiger partial charge in [0.1, 0.15) is 0 Å². The predicted octanol–water partition coefficient (Wildman–Crippen LogP) is 2.08. The highest BCUT2D eigenvalue weighted by atomic mass is 35.5. The highest BCUT2D eigenvalue weighted by Gasteiger charge is 2.20. The van der Waals surface area contributed by atoms with Crippen LogP contribution >= 0.6 is 11.6 Å². The Labute approximate surface area is 93.9 Å². The van der Waals surface area contributed by atoms with Gasteiger partial charge in [-0.1, -0.05) is 11.6 Å². The van der Waals surface area contributed by atoms with Gasteiger partial charge in [0.25, 0.3) is 0 Å². The number of rotatable bonds is 3. The number of halogens is 1. The van der Waals surface area contributed by atoms with E-state index in [-0.39, 0.29) is 6.54 Å². The van der Waals surface area contributed by atoms with E-state index in [1.807, 2.05) is 19.9 Å². The van der Waals surface area contributed by atoms with Crippen molar-refractivity contribution in [3.8, 4) is 0 Å². The van der Waals surface area contributed by atoms with E-state index in [2.05, 4.69) is 0 Å². The van der Waals surface area contributed by atoms with E-state index in [9.17, 15) is 4.79 Å². The summed E-state index contributed by atoms with van der Waals surface area (Å²) in [7, 11) is 0. The lowest BCUT2D eigenvalue weighted by Gasteiger charge is -2.15. The van der Waals surface area contributed by atoms with Crippen LogP contribution in [0.15, 0.2) is 12.1 Å². The molecule has 3 nitrogen and oxygen atoms in total. The highest BCUT2D eigenvalue weighted by molar-refractivity contribution is 6.30. The minimum absolute atomic E-state index is 0.0793. The Morgan fingerprint density at radius 2 is 2.13 bits per heavy atom. The van der Waals surface area contributed by atoms with Crippen molar-refractivity contribution in [3.05, 3.63) is 33.8 Å². The summed E-state index contributed by atoms with van der Waals surface area (Å²) in [6.45, 7) is 3.86. The highest BCUT2D eigenvalue weighted by Crippen LogP contribution is 2.26. The molecule has 0 amide bonds. The van der Waals surface area contributed by atoms with Crippen molar-refractivity contribution in [3.63, 3.8) is 0 Å². The normalized spacial score (nSPS) is 12.5. The molecule has 3 N–H and O–H groups in total. The summed E-state index contributed by atoms with van der Waals surface area (Å²) in [5, 5.41) is 9.56. The maximum atomic E-state index is 11.0. The van der Waals surface area contributed by atoms with Crippen LogP contribution in [0.25, 0.3) is 0 Å². The van der Waals surface area contributed by atoms with Gasteiger partial charge >= 0.3 is 5.97 Å². The number of benzene rings is 1. The third-order valence-corrected chi connectivity index (χ3v) is 2.80. The fraction of sp³-hybridized carbons (Fsp3) is 0.364. The Balaban J connectivity index is 3.28. The van der Waals surface area contributed by atoms with Crippen LogP contribution in [0.4, 0.5) is 0 Å². The van der Waals surface area contributed by atoms with E-state index < -0.39 is 11.9 Å². The summed E-state index contributed by atoms with van der Waals surface area (Å²) in [5.74, 6) is -1.59. The van der Waals surface area contributed by atoms with Crippen molar-refractivity contribution >= 4 is 17.6 Å². The van der Waals surface area contributed by atoms with Gasteiger partial charge in [-0.15, -0.1) is 0 Å². The summed E-state index contributed by atoms with van der Waals surface area (Å²) in [6, 6.07) is 3.49. The molecular formula is C11H14ClNO2. The van der Waals surface area contributed by atoms with Gasteiger partial charge in [0.2, 0.25) is 0 Å². The average Bonchev–Trinajstić information content (AvgIpc) is 2.13. The minimum Gasteiger partial charge on any atom is -0.481 e. The quantitative estimate of drug-likeness (QED) is 0.831. The Morgan fingerprint density at radius 3 is 2.60 bits per heavy atom. The molecular weight excluding hydrogens is 214 g/mol. The molecule has 82 valence electrons. The Morgan fingerprint density at radius 1 is 1.53 bits per heavy atom. The monoisotopic (exact) mass is 227 g/mol. The summed E-state index contributed by atoms with van der Waals surface area (Å²) < 4.78 is 0.